The molecule has 2 aromatic rings. The van der Waals surface area contributed by atoms with E-state index in [-0.39, 0.29) is 24.0 Å². The third kappa shape index (κ3) is 4.70. The predicted molar refractivity (Wildman–Crippen MR) is 105 cm³/mol. The molecule has 124 valence electrons. The van der Waals surface area contributed by atoms with Crippen molar-refractivity contribution in [3.05, 3.63) is 48.5 Å². The minimum Gasteiger partial charge on any atom is -0.354 e. The third-order valence-electron chi connectivity index (χ3n) is 4.14. The molecule has 0 bridgehead atoms. The summed E-state index contributed by atoms with van der Waals surface area (Å²) in [5.74, 6) is 0.882. The van der Waals surface area contributed by atoms with Crippen LogP contribution in [0.4, 0.5) is 0 Å². The zero-order chi connectivity index (χ0) is 15.2. The van der Waals surface area contributed by atoms with Gasteiger partial charge in [0.2, 0.25) is 0 Å². The second-order valence-electron chi connectivity index (χ2n) is 5.65. The van der Waals surface area contributed by atoms with Crippen molar-refractivity contribution < 1.29 is 0 Å². The number of aliphatic imine (C=N–C) groups is 1. The van der Waals surface area contributed by atoms with Crippen LogP contribution < -0.4 is 10.6 Å². The number of aromatic nitrogens is 2. The lowest BCUT2D eigenvalue weighted by Gasteiger charge is -2.18. The first-order valence-electron chi connectivity index (χ1n) is 7.90. The van der Waals surface area contributed by atoms with E-state index >= 15 is 0 Å². The minimum atomic E-state index is 0. The summed E-state index contributed by atoms with van der Waals surface area (Å²) < 4.78 is 2.03. The first-order valence-corrected chi connectivity index (χ1v) is 7.90. The molecule has 0 aliphatic heterocycles. The third-order valence-corrected chi connectivity index (χ3v) is 4.14. The molecule has 3 rings (SSSR count). The Morgan fingerprint density at radius 3 is 2.78 bits per heavy atom. The molecule has 1 aliphatic carbocycles. The molecule has 0 saturated heterocycles. The topological polar surface area (TPSA) is 54.2 Å². The lowest BCUT2D eigenvalue weighted by Crippen LogP contribution is -2.42. The van der Waals surface area contributed by atoms with Gasteiger partial charge < -0.3 is 15.2 Å². The van der Waals surface area contributed by atoms with Gasteiger partial charge in [0.05, 0.1) is 12.0 Å². The Kier molecular flexibility index (Phi) is 6.88. The molecular formula is C17H24IN5. The van der Waals surface area contributed by atoms with E-state index in [2.05, 4.69) is 38.8 Å². The fraction of sp³-hybridized carbons (Fsp3) is 0.412. The molecule has 0 spiro atoms. The van der Waals surface area contributed by atoms with Gasteiger partial charge in [0, 0.05) is 32.0 Å². The summed E-state index contributed by atoms with van der Waals surface area (Å²) in [5.41, 5.74) is 2.36. The van der Waals surface area contributed by atoms with E-state index in [0.29, 0.717) is 6.04 Å². The number of guanidine groups is 1. The highest BCUT2D eigenvalue weighted by Crippen LogP contribution is 2.17. The van der Waals surface area contributed by atoms with Gasteiger partial charge in [0.15, 0.2) is 5.96 Å². The number of para-hydroxylation sites is 1. The summed E-state index contributed by atoms with van der Waals surface area (Å²) in [5, 5.41) is 6.93. The Morgan fingerprint density at radius 2 is 2.09 bits per heavy atom. The van der Waals surface area contributed by atoms with E-state index in [9.17, 15) is 0 Å². The highest BCUT2D eigenvalue weighted by atomic mass is 127. The fourth-order valence-corrected chi connectivity index (χ4v) is 2.95. The van der Waals surface area contributed by atoms with Crippen LogP contribution in [0.3, 0.4) is 0 Å². The number of nitrogens with zero attached hydrogens (tertiary/aromatic N) is 3. The van der Waals surface area contributed by atoms with Crippen LogP contribution in [-0.2, 0) is 6.54 Å². The summed E-state index contributed by atoms with van der Waals surface area (Å²) in [6.45, 7) is 0.737. The van der Waals surface area contributed by atoms with E-state index in [1.165, 1.54) is 31.2 Å². The van der Waals surface area contributed by atoms with Gasteiger partial charge in [-0.15, -0.1) is 24.0 Å². The minimum absolute atomic E-state index is 0. The van der Waals surface area contributed by atoms with Crippen LogP contribution in [0.5, 0.6) is 0 Å². The second-order valence-corrected chi connectivity index (χ2v) is 5.65. The van der Waals surface area contributed by atoms with Crippen LogP contribution in [0.25, 0.3) is 5.69 Å². The van der Waals surface area contributed by atoms with Crippen molar-refractivity contribution in [3.8, 4) is 5.69 Å². The molecule has 23 heavy (non-hydrogen) atoms. The highest BCUT2D eigenvalue weighted by Gasteiger charge is 2.15. The van der Waals surface area contributed by atoms with Crippen molar-refractivity contribution >= 4 is 29.9 Å². The first kappa shape index (κ1) is 17.8. The number of benzene rings is 1. The van der Waals surface area contributed by atoms with Gasteiger partial charge in [-0.05, 0) is 24.5 Å². The van der Waals surface area contributed by atoms with Crippen molar-refractivity contribution in [2.24, 2.45) is 4.99 Å². The quantitative estimate of drug-likeness (QED) is 0.450. The maximum Gasteiger partial charge on any atom is 0.191 e. The molecule has 0 atom stereocenters. The molecule has 1 aromatic heterocycles. The lowest BCUT2D eigenvalue weighted by molar-refractivity contribution is 0.613. The molecule has 1 aromatic carbocycles. The summed E-state index contributed by atoms with van der Waals surface area (Å²) in [6, 6.07) is 8.90. The molecule has 2 N–H and O–H groups in total. The van der Waals surface area contributed by atoms with Gasteiger partial charge in [0.1, 0.15) is 0 Å². The zero-order valence-electron chi connectivity index (χ0n) is 13.4. The molecule has 1 fully saturated rings. The molecule has 1 saturated carbocycles. The van der Waals surface area contributed by atoms with E-state index < -0.39 is 0 Å². The van der Waals surface area contributed by atoms with E-state index in [1.807, 2.05) is 30.2 Å². The largest absolute Gasteiger partial charge is 0.354 e. The summed E-state index contributed by atoms with van der Waals surface area (Å²) in [7, 11) is 1.83. The van der Waals surface area contributed by atoms with Crippen LogP contribution >= 0.6 is 24.0 Å². The monoisotopic (exact) mass is 425 g/mol. The average molecular weight is 425 g/mol. The van der Waals surface area contributed by atoms with Crippen molar-refractivity contribution in [1.29, 1.82) is 0 Å². The van der Waals surface area contributed by atoms with Crippen molar-refractivity contribution in [2.75, 3.05) is 7.05 Å². The number of imidazole rings is 1. The maximum absolute atomic E-state index is 4.33. The predicted octanol–water partition coefficient (Wildman–Crippen LogP) is 3.10. The SMILES string of the molecule is CN=C(NCc1ccccc1-n1ccnc1)NC1CCCC1.I. The Bertz CT molecular complexity index is 618. The fourth-order valence-electron chi connectivity index (χ4n) is 2.95. The molecule has 5 nitrogen and oxygen atoms in total. The van der Waals surface area contributed by atoms with Crippen LogP contribution in [0.2, 0.25) is 0 Å². The van der Waals surface area contributed by atoms with Crippen molar-refractivity contribution in [2.45, 2.75) is 38.3 Å². The van der Waals surface area contributed by atoms with Crippen molar-refractivity contribution in [3.63, 3.8) is 0 Å². The normalized spacial score (nSPS) is 15.3. The van der Waals surface area contributed by atoms with E-state index in [4.69, 9.17) is 0 Å². The molecule has 6 heteroatoms. The van der Waals surface area contributed by atoms with Gasteiger partial charge in [-0.3, -0.25) is 4.99 Å². The summed E-state index contributed by atoms with van der Waals surface area (Å²) >= 11 is 0. The van der Waals surface area contributed by atoms with Crippen LogP contribution in [-0.4, -0.2) is 28.6 Å². The summed E-state index contributed by atoms with van der Waals surface area (Å²) in [4.78, 5) is 8.46. The van der Waals surface area contributed by atoms with Gasteiger partial charge >= 0.3 is 0 Å². The summed E-state index contributed by atoms with van der Waals surface area (Å²) in [6.07, 6.45) is 10.7. The Morgan fingerprint density at radius 1 is 1.30 bits per heavy atom. The number of hydrogen-bond acceptors (Lipinski definition) is 2. The lowest BCUT2D eigenvalue weighted by atomic mass is 10.1. The van der Waals surface area contributed by atoms with Crippen LogP contribution in [0.15, 0.2) is 48.0 Å². The number of rotatable bonds is 4. The maximum atomic E-state index is 4.33. The van der Waals surface area contributed by atoms with Gasteiger partial charge in [-0.2, -0.15) is 0 Å². The average Bonchev–Trinajstić information content (AvgIpc) is 3.25. The Hall–Kier alpha value is -1.57. The number of nitrogens with one attached hydrogen (secondary N) is 2. The van der Waals surface area contributed by atoms with Crippen LogP contribution in [0, 0.1) is 0 Å². The Labute approximate surface area is 154 Å². The molecule has 0 radical (unpaired) electrons. The molecule has 1 aliphatic rings. The Balaban J connectivity index is 0.00000192. The standard InChI is InChI=1S/C17H23N5.HI/c1-18-17(21-15-7-3-4-8-15)20-12-14-6-2-5-9-16(14)22-11-10-19-13-22;/h2,5-6,9-11,13,15H,3-4,7-8,12H2,1H3,(H2,18,20,21);1H. The first-order chi connectivity index (χ1) is 10.9. The molecular weight excluding hydrogens is 401 g/mol. The molecule has 0 amide bonds. The highest BCUT2D eigenvalue weighted by molar-refractivity contribution is 14.0. The zero-order valence-corrected chi connectivity index (χ0v) is 15.7. The van der Waals surface area contributed by atoms with Gasteiger partial charge in [-0.25, -0.2) is 4.98 Å². The van der Waals surface area contributed by atoms with Gasteiger partial charge in [0.25, 0.3) is 0 Å². The smallest absolute Gasteiger partial charge is 0.191 e. The number of halogens is 1. The number of hydrogen-bond donors (Lipinski definition) is 2. The van der Waals surface area contributed by atoms with Crippen molar-refractivity contribution in [1.82, 2.24) is 20.2 Å². The van der Waals surface area contributed by atoms with Gasteiger partial charge in [-0.1, -0.05) is 31.0 Å². The van der Waals surface area contributed by atoms with E-state index in [0.717, 1.165) is 18.2 Å². The molecule has 1 heterocycles. The van der Waals surface area contributed by atoms with Crippen LogP contribution in [0.1, 0.15) is 31.2 Å². The molecule has 0 unspecified atom stereocenters. The van der Waals surface area contributed by atoms with E-state index in [1.54, 1.807) is 6.20 Å². The second kappa shape index (κ2) is 8.90.